The highest BCUT2D eigenvalue weighted by atomic mass is 16.2. The Kier molecular flexibility index (Phi) is 4.85. The third kappa shape index (κ3) is 3.31. The number of rotatable bonds is 3. The fourth-order valence-corrected chi connectivity index (χ4v) is 5.05. The third-order valence-corrected chi connectivity index (χ3v) is 6.74. The van der Waals surface area contributed by atoms with Gasteiger partial charge in [-0.25, -0.2) is 0 Å². The Morgan fingerprint density at radius 3 is 2.44 bits per heavy atom. The van der Waals surface area contributed by atoms with Gasteiger partial charge in [0.25, 0.3) is 5.91 Å². The monoisotopic (exact) mass is 365 g/mol. The van der Waals surface area contributed by atoms with Crippen LogP contribution in [0.1, 0.15) is 61.1 Å². The summed E-state index contributed by atoms with van der Waals surface area (Å²) in [6.45, 7) is 7.08. The van der Waals surface area contributed by atoms with Crippen LogP contribution in [-0.4, -0.2) is 52.5 Å². The highest BCUT2D eigenvalue weighted by Crippen LogP contribution is 2.44. The molecule has 2 aromatic rings. The second-order valence-electron chi connectivity index (χ2n) is 8.60. The van der Waals surface area contributed by atoms with Crippen molar-refractivity contribution < 1.29 is 4.79 Å². The van der Waals surface area contributed by atoms with Crippen molar-refractivity contribution in [1.29, 1.82) is 0 Å². The molecule has 0 radical (unpaired) electrons. The summed E-state index contributed by atoms with van der Waals surface area (Å²) in [6, 6.07) is 15.1. The van der Waals surface area contributed by atoms with Crippen LogP contribution in [0.3, 0.4) is 0 Å². The Labute approximate surface area is 162 Å². The maximum Gasteiger partial charge on any atom is 0.270 e. The molecule has 27 heavy (non-hydrogen) atoms. The molecule has 2 saturated heterocycles. The van der Waals surface area contributed by atoms with Crippen molar-refractivity contribution in [2.45, 2.75) is 50.6 Å². The van der Waals surface area contributed by atoms with Gasteiger partial charge in [-0.05, 0) is 63.8 Å². The molecule has 0 bridgehead atoms. The van der Waals surface area contributed by atoms with E-state index in [0.717, 1.165) is 38.2 Å². The minimum atomic E-state index is 0.184. The van der Waals surface area contributed by atoms with Crippen LogP contribution >= 0.6 is 0 Å². The number of hydrogen-bond acceptors (Lipinski definition) is 2. The summed E-state index contributed by atoms with van der Waals surface area (Å²) in [5.74, 6) is 0.792. The highest BCUT2D eigenvalue weighted by Gasteiger charge is 2.46. The molecule has 1 unspecified atom stereocenters. The zero-order valence-corrected chi connectivity index (χ0v) is 16.8. The van der Waals surface area contributed by atoms with Gasteiger partial charge in [0.2, 0.25) is 0 Å². The van der Waals surface area contributed by atoms with Gasteiger partial charge in [-0.15, -0.1) is 0 Å². The lowest BCUT2D eigenvalue weighted by molar-refractivity contribution is 0.0482. The first-order valence-electron chi connectivity index (χ1n) is 10.2. The van der Waals surface area contributed by atoms with E-state index in [1.54, 1.807) is 0 Å². The first kappa shape index (κ1) is 18.3. The van der Waals surface area contributed by atoms with E-state index in [4.69, 9.17) is 0 Å². The van der Waals surface area contributed by atoms with Gasteiger partial charge in [0.1, 0.15) is 5.69 Å². The van der Waals surface area contributed by atoms with Crippen LogP contribution in [0.2, 0.25) is 0 Å². The van der Waals surface area contributed by atoms with Crippen LogP contribution in [0, 0.1) is 0 Å². The lowest BCUT2D eigenvalue weighted by Crippen LogP contribution is -2.52. The number of likely N-dealkylation sites (N-methyl/N-ethyl adjacent to an activating group) is 1. The molecule has 0 N–H and O–H groups in total. The lowest BCUT2D eigenvalue weighted by atomic mass is 9.81. The van der Waals surface area contributed by atoms with E-state index in [1.165, 1.54) is 12.0 Å². The van der Waals surface area contributed by atoms with Crippen molar-refractivity contribution in [3.63, 3.8) is 0 Å². The van der Waals surface area contributed by atoms with Crippen LogP contribution in [0.25, 0.3) is 0 Å². The summed E-state index contributed by atoms with van der Waals surface area (Å²) in [4.78, 5) is 17.7. The van der Waals surface area contributed by atoms with E-state index >= 15 is 0 Å². The summed E-state index contributed by atoms with van der Waals surface area (Å²) < 4.78 is 2.08. The van der Waals surface area contributed by atoms with Gasteiger partial charge in [0, 0.05) is 37.4 Å². The summed E-state index contributed by atoms with van der Waals surface area (Å²) in [5.41, 5.74) is 2.52. The zero-order chi connectivity index (χ0) is 19.0. The van der Waals surface area contributed by atoms with Gasteiger partial charge in [0.15, 0.2) is 0 Å². The second-order valence-corrected chi connectivity index (χ2v) is 8.60. The van der Waals surface area contributed by atoms with E-state index in [0.29, 0.717) is 12.0 Å². The predicted molar refractivity (Wildman–Crippen MR) is 109 cm³/mol. The predicted octanol–water partition coefficient (Wildman–Crippen LogP) is 4.16. The zero-order valence-electron chi connectivity index (χ0n) is 16.8. The number of carbonyl (C=O) groups is 1. The molecule has 1 aromatic heterocycles. The normalized spacial score (nSPS) is 22.7. The van der Waals surface area contributed by atoms with Crippen LogP contribution in [0.15, 0.2) is 48.7 Å². The number of nitrogens with zero attached hydrogens (tertiary/aromatic N) is 3. The number of carbonyl (C=O) groups excluding carboxylic acids is 1. The lowest BCUT2D eigenvalue weighted by Gasteiger charge is -2.43. The molecule has 4 rings (SSSR count). The van der Waals surface area contributed by atoms with E-state index in [2.05, 4.69) is 65.6 Å². The topological polar surface area (TPSA) is 28.5 Å². The van der Waals surface area contributed by atoms with Crippen molar-refractivity contribution in [3.8, 4) is 0 Å². The van der Waals surface area contributed by atoms with Crippen molar-refractivity contribution in [3.05, 3.63) is 59.9 Å². The molecule has 1 atom stereocenters. The Morgan fingerprint density at radius 2 is 1.78 bits per heavy atom. The second kappa shape index (κ2) is 7.16. The third-order valence-electron chi connectivity index (χ3n) is 6.74. The summed E-state index contributed by atoms with van der Waals surface area (Å²) in [6.07, 6.45) is 5.36. The molecular formula is C23H31N3O. The molecule has 1 aromatic carbocycles. The molecule has 2 aliphatic heterocycles. The fourth-order valence-electron chi connectivity index (χ4n) is 5.05. The molecule has 1 amide bonds. The number of amides is 1. The van der Waals surface area contributed by atoms with Gasteiger partial charge in [-0.2, -0.15) is 0 Å². The van der Waals surface area contributed by atoms with Gasteiger partial charge in [-0.1, -0.05) is 30.3 Å². The SMILES string of the molecule is CC(C)n1cccc1C(=O)N1CCC2(CC1)CC(c1ccccc1)CN2C. The molecular weight excluding hydrogens is 334 g/mol. The first-order chi connectivity index (χ1) is 13.0. The summed E-state index contributed by atoms with van der Waals surface area (Å²) in [5, 5.41) is 0. The molecule has 2 aliphatic rings. The van der Waals surface area contributed by atoms with Crippen LogP contribution in [-0.2, 0) is 0 Å². The average molecular weight is 366 g/mol. The molecule has 4 heteroatoms. The first-order valence-corrected chi connectivity index (χ1v) is 10.2. The van der Waals surface area contributed by atoms with Crippen LogP contribution in [0.4, 0.5) is 0 Å². The number of benzene rings is 1. The molecule has 1 spiro atoms. The number of hydrogen-bond donors (Lipinski definition) is 0. The number of likely N-dealkylation sites (tertiary alicyclic amines) is 2. The Hall–Kier alpha value is -2.07. The minimum Gasteiger partial charge on any atom is -0.341 e. The van der Waals surface area contributed by atoms with Crippen molar-refractivity contribution in [1.82, 2.24) is 14.4 Å². The molecule has 4 nitrogen and oxygen atoms in total. The van der Waals surface area contributed by atoms with E-state index in [-0.39, 0.29) is 11.4 Å². The Bertz CT molecular complexity index is 787. The van der Waals surface area contributed by atoms with E-state index in [9.17, 15) is 4.79 Å². The fraction of sp³-hybridized carbons (Fsp3) is 0.522. The van der Waals surface area contributed by atoms with Gasteiger partial charge < -0.3 is 9.47 Å². The number of piperidine rings is 1. The van der Waals surface area contributed by atoms with Gasteiger partial charge in [-0.3, -0.25) is 9.69 Å². The van der Waals surface area contributed by atoms with Crippen molar-refractivity contribution >= 4 is 5.91 Å². The van der Waals surface area contributed by atoms with Gasteiger partial charge >= 0.3 is 0 Å². The summed E-state index contributed by atoms with van der Waals surface area (Å²) >= 11 is 0. The maximum absolute atomic E-state index is 13.0. The number of aromatic nitrogens is 1. The van der Waals surface area contributed by atoms with Crippen molar-refractivity contribution in [2.75, 3.05) is 26.7 Å². The van der Waals surface area contributed by atoms with Crippen molar-refractivity contribution in [2.24, 2.45) is 0 Å². The standard InChI is InChI=1S/C23H31N3O/c1-18(2)26-13-7-10-21(26)22(27)25-14-11-23(12-15-25)16-20(17-24(23)3)19-8-5-4-6-9-19/h4-10,13,18,20H,11-12,14-17H2,1-3H3. The smallest absolute Gasteiger partial charge is 0.270 e. The molecule has 2 fully saturated rings. The summed E-state index contributed by atoms with van der Waals surface area (Å²) in [7, 11) is 2.27. The molecule has 0 saturated carbocycles. The Morgan fingerprint density at radius 1 is 1.07 bits per heavy atom. The quantitative estimate of drug-likeness (QED) is 0.817. The average Bonchev–Trinajstić information content (AvgIpc) is 3.29. The molecule has 0 aliphatic carbocycles. The van der Waals surface area contributed by atoms with Crippen LogP contribution < -0.4 is 0 Å². The molecule has 3 heterocycles. The Balaban J connectivity index is 1.44. The minimum absolute atomic E-state index is 0.184. The van der Waals surface area contributed by atoms with E-state index < -0.39 is 0 Å². The van der Waals surface area contributed by atoms with Gasteiger partial charge in [0.05, 0.1) is 0 Å². The molecule has 144 valence electrons. The highest BCUT2D eigenvalue weighted by molar-refractivity contribution is 5.93. The largest absolute Gasteiger partial charge is 0.341 e. The van der Waals surface area contributed by atoms with Crippen LogP contribution in [0.5, 0.6) is 0 Å². The van der Waals surface area contributed by atoms with E-state index in [1.807, 2.05) is 18.3 Å². The maximum atomic E-state index is 13.0.